The summed E-state index contributed by atoms with van der Waals surface area (Å²) in [7, 11) is 4.77. The first-order chi connectivity index (χ1) is 20.5. The maximum atomic E-state index is 14.0. The van der Waals surface area contributed by atoms with E-state index < -0.39 is 0 Å². The summed E-state index contributed by atoms with van der Waals surface area (Å²) in [6.07, 6.45) is 0.634. The summed E-state index contributed by atoms with van der Waals surface area (Å²) in [6, 6.07) is 18.3. The average Bonchev–Trinajstić information content (AvgIpc) is 3.04. The molecule has 0 saturated heterocycles. The Balaban J connectivity index is 1.44. The van der Waals surface area contributed by atoms with Crippen LogP contribution in [0.2, 0.25) is 0 Å². The van der Waals surface area contributed by atoms with Crippen LogP contribution >= 0.6 is 0 Å². The Morgan fingerprint density at radius 2 is 1.64 bits per heavy atom. The molecule has 10 heteroatoms. The number of fused-ring (bicyclic) bond motifs is 11. The van der Waals surface area contributed by atoms with Crippen molar-refractivity contribution >= 4 is 11.8 Å². The second-order valence-corrected chi connectivity index (χ2v) is 9.96. The van der Waals surface area contributed by atoms with Crippen molar-refractivity contribution in [2.24, 2.45) is 0 Å². The molecule has 0 fully saturated rings. The van der Waals surface area contributed by atoms with Gasteiger partial charge in [-0.05, 0) is 59.5 Å². The Morgan fingerprint density at radius 3 is 2.40 bits per heavy atom. The molecular formula is C32H36N2O8. The van der Waals surface area contributed by atoms with Gasteiger partial charge in [0.15, 0.2) is 18.1 Å². The van der Waals surface area contributed by atoms with Gasteiger partial charge in [0.25, 0.3) is 5.91 Å². The third-order valence-electron chi connectivity index (χ3n) is 7.47. The van der Waals surface area contributed by atoms with Crippen LogP contribution in [-0.4, -0.2) is 89.0 Å². The van der Waals surface area contributed by atoms with E-state index in [0.29, 0.717) is 54.9 Å². The number of methoxy groups -OCH3 is 3. The van der Waals surface area contributed by atoms with Crippen molar-refractivity contribution in [2.45, 2.75) is 12.5 Å². The van der Waals surface area contributed by atoms with Crippen molar-refractivity contribution in [3.8, 4) is 28.7 Å². The van der Waals surface area contributed by atoms with Crippen LogP contribution in [0, 0.1) is 0 Å². The average molecular weight is 577 g/mol. The van der Waals surface area contributed by atoms with E-state index in [-0.39, 0.29) is 44.2 Å². The molecule has 1 unspecified atom stereocenters. The number of carbonyl (C=O) groups excluding carboxylic acids is 2. The van der Waals surface area contributed by atoms with Crippen molar-refractivity contribution in [1.82, 2.24) is 9.80 Å². The van der Waals surface area contributed by atoms with Gasteiger partial charge >= 0.3 is 0 Å². The SMILES string of the molecule is COc1cccc(OCC(=O)N2CCOCCOc3ccc(cc3)C3c4cc(OC)c(OC)cc4CCN3C(=O)C2)c1. The van der Waals surface area contributed by atoms with Crippen LogP contribution in [-0.2, 0) is 20.7 Å². The standard InChI is InChI=1S/C32H36N2O8/c1-37-25-5-4-6-26(18-25)42-21-31(36)33-13-14-40-15-16-41-24-9-7-22(8-10-24)32-27-19-29(39-3)28(38-2)17-23(27)11-12-34(32)30(35)20-33/h4-10,17-19,32H,11-16,20-21H2,1-3H3. The summed E-state index contributed by atoms with van der Waals surface area (Å²) in [4.78, 5) is 30.7. The van der Waals surface area contributed by atoms with E-state index in [0.717, 1.165) is 16.7 Å². The Hall–Kier alpha value is -4.44. The minimum atomic E-state index is -0.388. The van der Waals surface area contributed by atoms with Gasteiger partial charge in [-0.25, -0.2) is 0 Å². The van der Waals surface area contributed by atoms with Gasteiger partial charge in [0.2, 0.25) is 5.91 Å². The van der Waals surface area contributed by atoms with E-state index in [1.165, 1.54) is 4.90 Å². The van der Waals surface area contributed by atoms with Gasteiger partial charge in [-0.15, -0.1) is 0 Å². The molecule has 0 aromatic heterocycles. The van der Waals surface area contributed by atoms with Gasteiger partial charge in [-0.1, -0.05) is 18.2 Å². The number of nitrogens with zero attached hydrogens (tertiary/aromatic N) is 2. The third-order valence-corrected chi connectivity index (χ3v) is 7.47. The van der Waals surface area contributed by atoms with Crippen LogP contribution in [0.5, 0.6) is 28.7 Å². The van der Waals surface area contributed by atoms with E-state index in [1.54, 1.807) is 45.6 Å². The summed E-state index contributed by atoms with van der Waals surface area (Å²) < 4.78 is 33.7. The first-order valence-electron chi connectivity index (χ1n) is 13.9. The first-order valence-corrected chi connectivity index (χ1v) is 13.9. The van der Waals surface area contributed by atoms with E-state index in [4.69, 9.17) is 28.4 Å². The van der Waals surface area contributed by atoms with Gasteiger partial charge in [-0.2, -0.15) is 0 Å². The molecule has 42 heavy (non-hydrogen) atoms. The highest BCUT2D eigenvalue weighted by atomic mass is 16.5. The van der Waals surface area contributed by atoms with Crippen LogP contribution in [0.3, 0.4) is 0 Å². The highest BCUT2D eigenvalue weighted by Gasteiger charge is 2.34. The molecular weight excluding hydrogens is 540 g/mol. The lowest BCUT2D eigenvalue weighted by atomic mass is 9.87. The maximum Gasteiger partial charge on any atom is 0.261 e. The molecule has 0 radical (unpaired) electrons. The summed E-state index contributed by atoms with van der Waals surface area (Å²) >= 11 is 0. The second kappa shape index (κ2) is 13.5. The van der Waals surface area contributed by atoms with Crippen LogP contribution in [0.15, 0.2) is 60.7 Å². The van der Waals surface area contributed by atoms with Gasteiger partial charge in [0.05, 0.1) is 47.1 Å². The molecule has 0 aliphatic carbocycles. The van der Waals surface area contributed by atoms with Gasteiger partial charge in [0.1, 0.15) is 23.9 Å². The van der Waals surface area contributed by atoms with Crippen LogP contribution in [0.1, 0.15) is 22.7 Å². The number of rotatable bonds is 6. The Bertz CT molecular complexity index is 1390. The fourth-order valence-electron chi connectivity index (χ4n) is 5.29. The van der Waals surface area contributed by atoms with E-state index in [1.807, 2.05) is 41.3 Å². The Morgan fingerprint density at radius 1 is 0.881 bits per heavy atom. The topological polar surface area (TPSA) is 96.0 Å². The second-order valence-electron chi connectivity index (χ2n) is 9.96. The molecule has 2 amide bonds. The van der Waals surface area contributed by atoms with Crippen molar-refractivity contribution < 1.29 is 38.0 Å². The highest BCUT2D eigenvalue weighted by molar-refractivity contribution is 5.86. The first kappa shape index (κ1) is 29.1. The molecule has 3 aromatic carbocycles. The number of benzene rings is 3. The largest absolute Gasteiger partial charge is 0.497 e. The number of carbonyl (C=O) groups is 2. The quantitative estimate of drug-likeness (QED) is 0.412. The van der Waals surface area contributed by atoms with E-state index in [9.17, 15) is 9.59 Å². The van der Waals surface area contributed by atoms with E-state index in [2.05, 4.69) is 0 Å². The lowest BCUT2D eigenvalue weighted by molar-refractivity contribution is -0.143. The minimum absolute atomic E-state index is 0.114. The Kier molecular flexibility index (Phi) is 9.33. The lowest BCUT2D eigenvalue weighted by Gasteiger charge is -2.39. The predicted molar refractivity (Wildman–Crippen MR) is 155 cm³/mol. The predicted octanol–water partition coefficient (Wildman–Crippen LogP) is 3.50. The zero-order chi connectivity index (χ0) is 29.5. The molecule has 3 aliphatic rings. The zero-order valence-electron chi connectivity index (χ0n) is 24.2. The van der Waals surface area contributed by atoms with E-state index >= 15 is 0 Å². The van der Waals surface area contributed by atoms with Crippen molar-refractivity contribution in [3.63, 3.8) is 0 Å². The number of hydrogen-bond donors (Lipinski definition) is 0. The Labute approximate surface area is 245 Å². The van der Waals surface area contributed by atoms with Crippen LogP contribution in [0.4, 0.5) is 0 Å². The monoisotopic (exact) mass is 576 g/mol. The van der Waals surface area contributed by atoms with Crippen molar-refractivity contribution in [3.05, 3.63) is 77.4 Å². The molecule has 6 rings (SSSR count). The highest BCUT2D eigenvalue weighted by Crippen LogP contribution is 2.41. The summed E-state index contributed by atoms with van der Waals surface area (Å²) in [5, 5.41) is 0. The molecule has 2 bridgehead atoms. The zero-order valence-corrected chi connectivity index (χ0v) is 24.2. The minimum Gasteiger partial charge on any atom is -0.497 e. The van der Waals surface area contributed by atoms with Crippen molar-refractivity contribution in [2.75, 3.05) is 67.4 Å². The number of ether oxygens (including phenoxy) is 6. The molecule has 0 saturated carbocycles. The lowest BCUT2D eigenvalue weighted by Crippen LogP contribution is -2.48. The maximum absolute atomic E-state index is 14.0. The summed E-state index contributed by atoms with van der Waals surface area (Å²) in [5.41, 5.74) is 2.95. The molecule has 0 spiro atoms. The van der Waals surface area contributed by atoms with Gasteiger partial charge < -0.3 is 38.2 Å². The van der Waals surface area contributed by atoms with Crippen LogP contribution in [0.25, 0.3) is 0 Å². The van der Waals surface area contributed by atoms with Gasteiger partial charge in [0, 0.05) is 19.2 Å². The molecule has 3 aliphatic heterocycles. The molecule has 222 valence electrons. The fraction of sp³-hybridized carbons (Fsp3) is 0.375. The summed E-state index contributed by atoms with van der Waals surface area (Å²) in [5.74, 6) is 2.57. The molecule has 0 N–H and O–H groups in total. The smallest absolute Gasteiger partial charge is 0.261 e. The van der Waals surface area contributed by atoms with Gasteiger partial charge in [-0.3, -0.25) is 9.59 Å². The normalized spacial score (nSPS) is 17.2. The number of hydrogen-bond acceptors (Lipinski definition) is 8. The van der Waals surface area contributed by atoms with Crippen molar-refractivity contribution in [1.29, 1.82) is 0 Å². The molecule has 10 nitrogen and oxygen atoms in total. The molecule has 3 aromatic rings. The summed E-state index contributed by atoms with van der Waals surface area (Å²) in [6.45, 7) is 1.33. The molecule has 3 heterocycles. The third kappa shape index (κ3) is 6.54. The molecule has 1 atom stereocenters. The fourth-order valence-corrected chi connectivity index (χ4v) is 5.29. The number of amides is 2. The van der Waals surface area contributed by atoms with Crippen LogP contribution < -0.4 is 23.7 Å².